The SMILES string of the molecule is C[C@@H](NC(=O)COC(=O)c1cc(Br)ccc1Cl)[C@H]1C[C@H]2CC[C@H]1C2. The standard InChI is InChI=1S/C18H21BrClNO3/c1-10(14-7-11-2-3-12(14)6-11)21-17(22)9-24-18(23)15-8-13(19)4-5-16(15)20/h4-5,8,10-12,14H,2-3,6-7,9H2,1H3,(H,21,22)/t10-,11+,12+,14-/m1/s1. The van der Waals surface area contributed by atoms with Crippen LogP contribution in [0.2, 0.25) is 5.02 Å². The Kier molecular flexibility index (Phi) is 5.50. The van der Waals surface area contributed by atoms with Gasteiger partial charge in [0.2, 0.25) is 0 Å². The van der Waals surface area contributed by atoms with Crippen molar-refractivity contribution in [1.29, 1.82) is 0 Å². The van der Waals surface area contributed by atoms with Crippen LogP contribution in [0.1, 0.15) is 43.0 Å². The maximum absolute atomic E-state index is 12.1. The zero-order chi connectivity index (χ0) is 17.3. The number of esters is 1. The van der Waals surface area contributed by atoms with Crippen molar-refractivity contribution in [2.75, 3.05) is 6.61 Å². The lowest BCUT2D eigenvalue weighted by Gasteiger charge is -2.28. The zero-order valence-electron chi connectivity index (χ0n) is 13.6. The Balaban J connectivity index is 1.48. The van der Waals surface area contributed by atoms with E-state index in [1.807, 2.05) is 0 Å². The highest BCUT2D eigenvalue weighted by Crippen LogP contribution is 2.49. The average Bonchev–Trinajstić information content (AvgIpc) is 3.18. The minimum atomic E-state index is -0.593. The minimum absolute atomic E-state index is 0.126. The highest BCUT2D eigenvalue weighted by atomic mass is 79.9. The van der Waals surface area contributed by atoms with Crippen molar-refractivity contribution in [2.45, 2.75) is 38.6 Å². The fraction of sp³-hybridized carbons (Fsp3) is 0.556. The van der Waals surface area contributed by atoms with Crippen molar-refractivity contribution in [3.8, 4) is 0 Å². The van der Waals surface area contributed by atoms with Crippen LogP contribution in [-0.4, -0.2) is 24.5 Å². The van der Waals surface area contributed by atoms with E-state index in [0.29, 0.717) is 10.9 Å². The molecule has 6 heteroatoms. The normalized spacial score (nSPS) is 26.2. The Bertz CT molecular complexity index is 651. The summed E-state index contributed by atoms with van der Waals surface area (Å²) in [5.74, 6) is 1.29. The third kappa shape index (κ3) is 3.94. The molecule has 2 aliphatic carbocycles. The van der Waals surface area contributed by atoms with Gasteiger partial charge in [-0.05, 0) is 62.1 Å². The second-order valence-electron chi connectivity index (χ2n) is 6.90. The summed E-state index contributed by atoms with van der Waals surface area (Å²) < 4.78 is 5.82. The lowest BCUT2D eigenvalue weighted by molar-refractivity contribution is -0.125. The van der Waals surface area contributed by atoms with E-state index in [9.17, 15) is 9.59 Å². The predicted molar refractivity (Wildman–Crippen MR) is 96.0 cm³/mol. The molecule has 2 aliphatic rings. The molecule has 0 unspecified atom stereocenters. The molecule has 0 aliphatic heterocycles. The highest BCUT2D eigenvalue weighted by molar-refractivity contribution is 9.10. The molecule has 24 heavy (non-hydrogen) atoms. The molecule has 4 atom stereocenters. The molecule has 2 bridgehead atoms. The van der Waals surface area contributed by atoms with E-state index < -0.39 is 5.97 Å². The first-order valence-corrected chi connectivity index (χ1v) is 9.52. The zero-order valence-corrected chi connectivity index (χ0v) is 15.9. The maximum atomic E-state index is 12.1. The van der Waals surface area contributed by atoms with Crippen molar-refractivity contribution in [2.24, 2.45) is 17.8 Å². The van der Waals surface area contributed by atoms with Crippen LogP contribution < -0.4 is 5.32 Å². The molecule has 4 nitrogen and oxygen atoms in total. The van der Waals surface area contributed by atoms with Gasteiger partial charge in [0.1, 0.15) is 0 Å². The molecule has 1 aromatic carbocycles. The monoisotopic (exact) mass is 413 g/mol. The van der Waals surface area contributed by atoms with Crippen LogP contribution in [0.15, 0.2) is 22.7 Å². The summed E-state index contributed by atoms with van der Waals surface area (Å²) in [7, 11) is 0. The molecule has 130 valence electrons. The molecule has 2 saturated carbocycles. The lowest BCUT2D eigenvalue weighted by Crippen LogP contribution is -2.42. The van der Waals surface area contributed by atoms with Crippen LogP contribution >= 0.6 is 27.5 Å². The van der Waals surface area contributed by atoms with Gasteiger partial charge in [-0.3, -0.25) is 4.79 Å². The van der Waals surface area contributed by atoms with Crippen LogP contribution in [0.25, 0.3) is 0 Å². The summed E-state index contributed by atoms with van der Waals surface area (Å²) in [4.78, 5) is 24.1. The van der Waals surface area contributed by atoms with E-state index >= 15 is 0 Å². The Labute approximate surface area is 155 Å². The maximum Gasteiger partial charge on any atom is 0.340 e. The van der Waals surface area contributed by atoms with E-state index in [1.54, 1.807) is 18.2 Å². The number of benzene rings is 1. The average molecular weight is 415 g/mol. The second-order valence-corrected chi connectivity index (χ2v) is 8.22. The molecule has 0 spiro atoms. The molecule has 1 aromatic rings. The number of ether oxygens (including phenoxy) is 1. The summed E-state index contributed by atoms with van der Waals surface area (Å²) in [5.41, 5.74) is 0.250. The third-order valence-corrected chi connectivity index (χ3v) is 6.13. The first kappa shape index (κ1) is 17.7. The van der Waals surface area contributed by atoms with Gasteiger partial charge in [0.15, 0.2) is 6.61 Å². The van der Waals surface area contributed by atoms with Gasteiger partial charge in [0.05, 0.1) is 10.6 Å². The number of nitrogens with one attached hydrogen (secondary N) is 1. The molecule has 1 amide bonds. The Morgan fingerprint density at radius 2 is 2.17 bits per heavy atom. The largest absolute Gasteiger partial charge is 0.452 e. The molecule has 0 saturated heterocycles. The summed E-state index contributed by atoms with van der Waals surface area (Å²) in [6, 6.07) is 5.06. The van der Waals surface area contributed by atoms with Crippen LogP contribution in [0.4, 0.5) is 0 Å². The van der Waals surface area contributed by atoms with E-state index in [1.165, 1.54) is 25.7 Å². The summed E-state index contributed by atoms with van der Waals surface area (Å²) in [6.07, 6.45) is 5.14. The molecular formula is C18H21BrClNO3. The second kappa shape index (κ2) is 7.44. The summed E-state index contributed by atoms with van der Waals surface area (Å²) in [5, 5.41) is 3.29. The van der Waals surface area contributed by atoms with Crippen LogP contribution in [0.5, 0.6) is 0 Å². The quantitative estimate of drug-likeness (QED) is 0.735. The van der Waals surface area contributed by atoms with Gasteiger partial charge in [-0.1, -0.05) is 34.0 Å². The first-order valence-electron chi connectivity index (χ1n) is 8.35. The number of carbonyl (C=O) groups is 2. The van der Waals surface area contributed by atoms with Gasteiger partial charge in [0, 0.05) is 10.5 Å². The number of amides is 1. The summed E-state index contributed by atoms with van der Waals surface area (Å²) in [6.45, 7) is 1.77. The van der Waals surface area contributed by atoms with Gasteiger partial charge >= 0.3 is 5.97 Å². The number of hydrogen-bond donors (Lipinski definition) is 1. The highest BCUT2D eigenvalue weighted by Gasteiger charge is 2.42. The van der Waals surface area contributed by atoms with Crippen LogP contribution in [0, 0.1) is 17.8 Å². The Morgan fingerprint density at radius 3 is 2.83 bits per heavy atom. The van der Waals surface area contributed by atoms with Crippen LogP contribution in [-0.2, 0) is 9.53 Å². The molecule has 0 radical (unpaired) electrons. The Hall–Kier alpha value is -1.07. The van der Waals surface area contributed by atoms with E-state index in [4.69, 9.17) is 16.3 Å². The van der Waals surface area contributed by atoms with Gasteiger partial charge in [0.25, 0.3) is 5.91 Å². The van der Waals surface area contributed by atoms with Crippen molar-refractivity contribution < 1.29 is 14.3 Å². The predicted octanol–water partition coefficient (Wildman–Crippen LogP) is 4.20. The van der Waals surface area contributed by atoms with E-state index in [-0.39, 0.29) is 24.1 Å². The topological polar surface area (TPSA) is 55.4 Å². The molecule has 2 fully saturated rings. The van der Waals surface area contributed by atoms with Gasteiger partial charge in [-0.2, -0.15) is 0 Å². The van der Waals surface area contributed by atoms with E-state index in [0.717, 1.165) is 16.3 Å². The van der Waals surface area contributed by atoms with E-state index in [2.05, 4.69) is 28.2 Å². The van der Waals surface area contributed by atoms with Gasteiger partial charge < -0.3 is 10.1 Å². The number of halogens is 2. The number of rotatable bonds is 5. The van der Waals surface area contributed by atoms with Gasteiger partial charge in [-0.15, -0.1) is 0 Å². The van der Waals surface area contributed by atoms with Crippen molar-refractivity contribution in [1.82, 2.24) is 5.32 Å². The third-order valence-electron chi connectivity index (χ3n) is 5.31. The number of fused-ring (bicyclic) bond motifs is 2. The van der Waals surface area contributed by atoms with Crippen molar-refractivity contribution in [3.63, 3.8) is 0 Å². The first-order chi connectivity index (χ1) is 11.4. The molecule has 0 aromatic heterocycles. The molecule has 3 rings (SSSR count). The Morgan fingerprint density at radius 1 is 1.38 bits per heavy atom. The molecular weight excluding hydrogens is 394 g/mol. The van der Waals surface area contributed by atoms with Crippen molar-refractivity contribution >= 4 is 39.4 Å². The summed E-state index contributed by atoms with van der Waals surface area (Å²) >= 11 is 9.28. The van der Waals surface area contributed by atoms with Crippen molar-refractivity contribution in [3.05, 3.63) is 33.3 Å². The molecule has 0 heterocycles. The van der Waals surface area contributed by atoms with Crippen LogP contribution in [0.3, 0.4) is 0 Å². The minimum Gasteiger partial charge on any atom is -0.452 e. The van der Waals surface area contributed by atoms with Gasteiger partial charge in [-0.25, -0.2) is 4.79 Å². The lowest BCUT2D eigenvalue weighted by atomic mass is 9.84. The smallest absolute Gasteiger partial charge is 0.340 e. The molecule has 1 N–H and O–H groups in total. The fourth-order valence-electron chi connectivity index (χ4n) is 4.17. The fourth-order valence-corrected chi connectivity index (χ4v) is 4.73. The number of carbonyl (C=O) groups excluding carboxylic acids is 2. The number of hydrogen-bond acceptors (Lipinski definition) is 3.